The molecule has 0 spiro atoms. The van der Waals surface area contributed by atoms with Gasteiger partial charge in [-0.1, -0.05) is 17.7 Å². The number of hydrogen-bond donors (Lipinski definition) is 0. The number of piperazine rings is 1. The van der Waals surface area contributed by atoms with Gasteiger partial charge < -0.3 is 4.90 Å². The molecule has 0 atom stereocenters. The van der Waals surface area contributed by atoms with Crippen molar-refractivity contribution in [2.75, 3.05) is 31.1 Å². The van der Waals surface area contributed by atoms with E-state index in [1.165, 1.54) is 18.3 Å². The van der Waals surface area contributed by atoms with E-state index < -0.39 is 0 Å². The number of rotatable bonds is 4. The highest BCUT2D eigenvalue weighted by molar-refractivity contribution is 7.14. The molecule has 1 aliphatic rings. The molecule has 150 valence electrons. The fraction of sp³-hybridized carbons (Fsp3) is 0.450. The molecule has 0 unspecified atom stereocenters. The lowest BCUT2D eigenvalue weighted by molar-refractivity contribution is -0.130. The first-order valence-corrected chi connectivity index (χ1v) is 10.5. The second-order valence-corrected chi connectivity index (χ2v) is 8.41. The summed E-state index contributed by atoms with van der Waals surface area (Å²) in [5.41, 5.74) is 3.61. The number of aromatic nitrogens is 1. The van der Waals surface area contributed by atoms with Crippen molar-refractivity contribution in [3.05, 3.63) is 39.4 Å². The molecule has 28 heavy (non-hydrogen) atoms. The van der Waals surface area contributed by atoms with Crippen LogP contribution in [-0.2, 0) is 16.1 Å². The molecule has 0 radical (unpaired) electrons. The molecule has 1 aromatic carbocycles. The summed E-state index contributed by atoms with van der Waals surface area (Å²) >= 11 is 7.91. The van der Waals surface area contributed by atoms with Crippen molar-refractivity contribution in [3.63, 3.8) is 0 Å². The number of thiazole rings is 1. The van der Waals surface area contributed by atoms with E-state index >= 15 is 0 Å². The molecule has 1 aliphatic heterocycles. The molecule has 2 aromatic rings. The topological polar surface area (TPSA) is 56.8 Å². The monoisotopic (exact) mass is 420 g/mol. The highest BCUT2D eigenvalue weighted by Crippen LogP contribution is 2.37. The lowest BCUT2D eigenvalue weighted by atomic mass is 10.1. The third-order valence-corrected chi connectivity index (χ3v) is 6.03. The zero-order chi connectivity index (χ0) is 20.4. The molecular formula is C20H25ClN4O2S. The molecule has 1 saturated heterocycles. The third-order valence-electron chi connectivity index (χ3n) is 4.87. The first-order chi connectivity index (χ1) is 13.3. The summed E-state index contributed by atoms with van der Waals surface area (Å²) in [6, 6.07) is 3.88. The maximum absolute atomic E-state index is 12.4. The summed E-state index contributed by atoms with van der Waals surface area (Å²) in [7, 11) is 0. The Balaban J connectivity index is 1.78. The van der Waals surface area contributed by atoms with E-state index in [4.69, 9.17) is 16.6 Å². The average molecular weight is 421 g/mol. The van der Waals surface area contributed by atoms with E-state index in [1.807, 2.05) is 36.3 Å². The van der Waals surface area contributed by atoms with E-state index in [0.717, 1.165) is 43.0 Å². The summed E-state index contributed by atoms with van der Waals surface area (Å²) in [6.07, 6.45) is 0. The Labute approximate surface area is 174 Å². The minimum Gasteiger partial charge on any atom is -0.340 e. The smallest absolute Gasteiger partial charge is 0.230 e. The minimum absolute atomic E-state index is 0.121. The molecule has 1 fully saturated rings. The normalized spacial score (nSPS) is 15.0. The summed E-state index contributed by atoms with van der Waals surface area (Å²) in [5, 5.41) is 3.16. The number of hydrogen-bond acceptors (Lipinski definition) is 5. The molecule has 0 bridgehead atoms. The van der Waals surface area contributed by atoms with Crippen LogP contribution in [0.2, 0.25) is 5.02 Å². The number of anilines is 2. The van der Waals surface area contributed by atoms with Gasteiger partial charge in [-0.3, -0.25) is 19.4 Å². The standard InChI is InChI=1S/C20H25ClN4O2S/c1-13-9-14(2)19(18(21)10-13)25(16(4)27)20-22-17(12-28-20)11-23-5-7-24(8-6-23)15(3)26/h9-10,12H,5-8,11H2,1-4H3. The zero-order valence-corrected chi connectivity index (χ0v) is 18.2. The average Bonchev–Trinajstić information content (AvgIpc) is 3.05. The van der Waals surface area contributed by atoms with Crippen LogP contribution in [0, 0.1) is 13.8 Å². The van der Waals surface area contributed by atoms with Gasteiger partial charge in [-0.2, -0.15) is 0 Å². The van der Waals surface area contributed by atoms with Crippen LogP contribution >= 0.6 is 22.9 Å². The van der Waals surface area contributed by atoms with Gasteiger partial charge in [-0.05, 0) is 31.0 Å². The van der Waals surface area contributed by atoms with Gasteiger partial charge >= 0.3 is 0 Å². The number of amides is 2. The van der Waals surface area contributed by atoms with Crippen molar-refractivity contribution in [1.82, 2.24) is 14.8 Å². The third kappa shape index (κ3) is 4.54. The molecule has 2 amide bonds. The number of carbonyl (C=O) groups is 2. The minimum atomic E-state index is -0.121. The van der Waals surface area contributed by atoms with E-state index in [9.17, 15) is 9.59 Å². The van der Waals surface area contributed by atoms with E-state index in [0.29, 0.717) is 22.4 Å². The fourth-order valence-electron chi connectivity index (χ4n) is 3.50. The number of carbonyl (C=O) groups excluding carboxylic acids is 2. The second-order valence-electron chi connectivity index (χ2n) is 7.17. The Bertz CT molecular complexity index is 867. The Morgan fingerprint density at radius 2 is 1.86 bits per heavy atom. The molecule has 8 heteroatoms. The van der Waals surface area contributed by atoms with Gasteiger partial charge in [0.2, 0.25) is 11.8 Å². The first kappa shape index (κ1) is 20.8. The molecule has 3 rings (SSSR count). The largest absolute Gasteiger partial charge is 0.340 e. The van der Waals surface area contributed by atoms with Crippen LogP contribution in [0.4, 0.5) is 10.8 Å². The van der Waals surface area contributed by atoms with Gasteiger partial charge in [0.05, 0.1) is 16.4 Å². The van der Waals surface area contributed by atoms with E-state index in [1.54, 1.807) is 11.8 Å². The van der Waals surface area contributed by atoms with Gasteiger partial charge in [-0.15, -0.1) is 11.3 Å². The Hall–Kier alpha value is -1.96. The van der Waals surface area contributed by atoms with Crippen molar-refractivity contribution in [2.24, 2.45) is 0 Å². The molecule has 0 aliphatic carbocycles. The van der Waals surface area contributed by atoms with Crippen LogP contribution in [0.15, 0.2) is 17.5 Å². The van der Waals surface area contributed by atoms with Crippen molar-refractivity contribution >= 4 is 45.6 Å². The number of nitrogens with zero attached hydrogens (tertiary/aromatic N) is 4. The Morgan fingerprint density at radius 3 is 2.43 bits per heavy atom. The quantitative estimate of drug-likeness (QED) is 0.755. The van der Waals surface area contributed by atoms with Crippen molar-refractivity contribution in [2.45, 2.75) is 34.2 Å². The van der Waals surface area contributed by atoms with Crippen LogP contribution in [-0.4, -0.2) is 52.8 Å². The number of halogens is 1. The highest BCUT2D eigenvalue weighted by atomic mass is 35.5. The molecule has 0 N–H and O–H groups in total. The van der Waals surface area contributed by atoms with Gasteiger partial charge in [0.1, 0.15) is 0 Å². The van der Waals surface area contributed by atoms with Gasteiger partial charge in [-0.25, -0.2) is 4.98 Å². The predicted octanol–water partition coefficient (Wildman–Crippen LogP) is 3.76. The summed E-state index contributed by atoms with van der Waals surface area (Å²) in [5.74, 6) is 0.00265. The zero-order valence-electron chi connectivity index (χ0n) is 16.7. The van der Waals surface area contributed by atoms with Crippen LogP contribution in [0.25, 0.3) is 0 Å². The maximum Gasteiger partial charge on any atom is 0.230 e. The fourth-order valence-corrected chi connectivity index (χ4v) is 4.77. The first-order valence-electron chi connectivity index (χ1n) is 9.26. The van der Waals surface area contributed by atoms with Crippen molar-refractivity contribution in [3.8, 4) is 0 Å². The Morgan fingerprint density at radius 1 is 1.18 bits per heavy atom. The summed E-state index contributed by atoms with van der Waals surface area (Å²) in [6.45, 7) is 10.9. The molecule has 2 heterocycles. The van der Waals surface area contributed by atoms with Crippen LogP contribution < -0.4 is 4.90 Å². The van der Waals surface area contributed by atoms with Crippen LogP contribution in [0.5, 0.6) is 0 Å². The van der Waals surface area contributed by atoms with Gasteiger partial charge in [0.25, 0.3) is 0 Å². The molecule has 1 aromatic heterocycles. The van der Waals surface area contributed by atoms with Gasteiger partial charge in [0.15, 0.2) is 5.13 Å². The highest BCUT2D eigenvalue weighted by Gasteiger charge is 2.24. The van der Waals surface area contributed by atoms with Gasteiger partial charge in [0, 0.05) is 52.0 Å². The van der Waals surface area contributed by atoms with E-state index in [2.05, 4.69) is 4.90 Å². The lowest BCUT2D eigenvalue weighted by Crippen LogP contribution is -2.47. The second kappa shape index (κ2) is 8.59. The molecule has 0 saturated carbocycles. The maximum atomic E-state index is 12.4. The molecular weight excluding hydrogens is 396 g/mol. The summed E-state index contributed by atoms with van der Waals surface area (Å²) in [4.78, 5) is 34.3. The SMILES string of the molecule is CC(=O)N1CCN(Cc2csc(N(C(C)=O)c3c(C)cc(C)cc3Cl)n2)CC1. The number of benzene rings is 1. The van der Waals surface area contributed by atoms with Crippen LogP contribution in [0.3, 0.4) is 0 Å². The predicted molar refractivity (Wildman–Crippen MR) is 113 cm³/mol. The lowest BCUT2D eigenvalue weighted by Gasteiger charge is -2.33. The number of aryl methyl sites for hydroxylation is 2. The van der Waals surface area contributed by atoms with Crippen LogP contribution in [0.1, 0.15) is 30.7 Å². The van der Waals surface area contributed by atoms with Crippen molar-refractivity contribution in [1.29, 1.82) is 0 Å². The molecule has 6 nitrogen and oxygen atoms in total. The Kier molecular flexibility index (Phi) is 6.37. The van der Waals surface area contributed by atoms with E-state index in [-0.39, 0.29) is 11.8 Å². The summed E-state index contributed by atoms with van der Waals surface area (Å²) < 4.78 is 0. The van der Waals surface area contributed by atoms with Crippen molar-refractivity contribution < 1.29 is 9.59 Å².